The third kappa shape index (κ3) is 4.50. The summed E-state index contributed by atoms with van der Waals surface area (Å²) in [4.78, 5) is 15.4. The highest BCUT2D eigenvalue weighted by molar-refractivity contribution is 7.17. The maximum absolute atomic E-state index is 5.46. The summed E-state index contributed by atoms with van der Waals surface area (Å²) in [6.45, 7) is 6.01. The van der Waals surface area contributed by atoms with E-state index in [1.807, 2.05) is 6.07 Å². The van der Waals surface area contributed by atoms with Gasteiger partial charge in [-0.3, -0.25) is 4.90 Å². The molecule has 1 saturated heterocycles. The molecule has 0 unspecified atom stereocenters. The second-order valence-electron chi connectivity index (χ2n) is 7.30. The van der Waals surface area contributed by atoms with Gasteiger partial charge >= 0.3 is 0 Å². The molecule has 0 radical (unpaired) electrons. The predicted octanol–water partition coefficient (Wildman–Crippen LogP) is 3.16. The van der Waals surface area contributed by atoms with Crippen LogP contribution < -0.4 is 5.32 Å². The van der Waals surface area contributed by atoms with Crippen LogP contribution in [0, 0.1) is 0 Å². The average molecular weight is 398 g/mol. The van der Waals surface area contributed by atoms with Crippen LogP contribution in [0.25, 0.3) is 21.3 Å². The van der Waals surface area contributed by atoms with Crippen LogP contribution in [0.3, 0.4) is 0 Å². The number of hydrogen-bond acceptors (Lipinski definition) is 7. The van der Waals surface area contributed by atoms with Crippen molar-refractivity contribution in [3.05, 3.63) is 41.5 Å². The fraction of sp³-hybridized carbons (Fsp3) is 0.429. The molecule has 0 spiro atoms. The van der Waals surface area contributed by atoms with Gasteiger partial charge < -0.3 is 15.0 Å². The van der Waals surface area contributed by atoms with E-state index in [0.717, 1.165) is 67.8 Å². The lowest BCUT2D eigenvalue weighted by Crippen LogP contribution is -2.36. The smallest absolute Gasteiger partial charge is 0.146 e. The van der Waals surface area contributed by atoms with Crippen molar-refractivity contribution >= 4 is 27.4 Å². The molecule has 0 saturated carbocycles. The summed E-state index contributed by atoms with van der Waals surface area (Å²) < 4.78 is 5.46. The van der Waals surface area contributed by atoms with E-state index in [0.29, 0.717) is 0 Å². The van der Waals surface area contributed by atoms with Gasteiger partial charge in [0.15, 0.2) is 0 Å². The molecule has 6 nitrogen and oxygen atoms in total. The van der Waals surface area contributed by atoms with E-state index in [9.17, 15) is 0 Å². The van der Waals surface area contributed by atoms with Crippen molar-refractivity contribution in [2.24, 2.45) is 0 Å². The number of fused-ring (bicyclic) bond motifs is 1. The molecule has 28 heavy (non-hydrogen) atoms. The molecule has 148 valence electrons. The van der Waals surface area contributed by atoms with E-state index in [4.69, 9.17) is 14.7 Å². The molecule has 4 rings (SSSR count). The van der Waals surface area contributed by atoms with Gasteiger partial charge in [-0.25, -0.2) is 9.97 Å². The summed E-state index contributed by atoms with van der Waals surface area (Å²) in [5, 5.41) is 6.89. The molecule has 3 heterocycles. The number of nitrogens with one attached hydrogen (secondary N) is 1. The summed E-state index contributed by atoms with van der Waals surface area (Å²) in [5.41, 5.74) is 2.40. The molecule has 1 aliphatic rings. The first-order chi connectivity index (χ1) is 13.7. The third-order valence-electron chi connectivity index (χ3n) is 4.88. The Bertz CT molecular complexity index is 906. The maximum atomic E-state index is 5.46. The molecule has 0 aliphatic carbocycles. The number of rotatable bonds is 7. The number of ether oxygens (including phenoxy) is 1. The van der Waals surface area contributed by atoms with E-state index < -0.39 is 0 Å². The molecule has 0 atom stereocenters. The van der Waals surface area contributed by atoms with Crippen molar-refractivity contribution in [2.45, 2.75) is 6.54 Å². The first-order valence-electron chi connectivity index (χ1n) is 9.73. The van der Waals surface area contributed by atoms with Crippen LogP contribution in [0.15, 0.2) is 35.7 Å². The van der Waals surface area contributed by atoms with Gasteiger partial charge in [0.1, 0.15) is 16.5 Å². The van der Waals surface area contributed by atoms with Crippen LogP contribution in [-0.4, -0.2) is 73.3 Å². The molecule has 1 fully saturated rings. The average Bonchev–Trinajstić information content (AvgIpc) is 3.13. The summed E-state index contributed by atoms with van der Waals surface area (Å²) in [7, 11) is 4.17. The minimum absolute atomic E-state index is 0.764. The number of aromatic nitrogens is 2. The highest BCUT2D eigenvalue weighted by atomic mass is 32.1. The Hall–Kier alpha value is -2.06. The van der Waals surface area contributed by atoms with Gasteiger partial charge in [0.2, 0.25) is 0 Å². The highest BCUT2D eigenvalue weighted by Crippen LogP contribution is 2.37. The van der Waals surface area contributed by atoms with Crippen molar-refractivity contribution in [3.63, 3.8) is 0 Å². The Balaban J connectivity index is 1.69. The highest BCUT2D eigenvalue weighted by Gasteiger charge is 2.18. The molecular formula is C21H27N5OS. The number of morpholine rings is 1. The number of anilines is 1. The summed E-state index contributed by atoms with van der Waals surface area (Å²) in [6, 6.07) is 10.5. The van der Waals surface area contributed by atoms with Crippen LogP contribution >= 0.6 is 11.3 Å². The van der Waals surface area contributed by atoms with Gasteiger partial charge in [-0.15, -0.1) is 11.3 Å². The van der Waals surface area contributed by atoms with E-state index in [1.165, 1.54) is 11.1 Å². The summed E-state index contributed by atoms with van der Waals surface area (Å²) in [6.07, 6.45) is 0. The zero-order chi connectivity index (χ0) is 19.3. The van der Waals surface area contributed by atoms with Crippen molar-refractivity contribution in [3.8, 4) is 11.1 Å². The molecule has 2 aromatic heterocycles. The topological polar surface area (TPSA) is 53.5 Å². The second-order valence-corrected chi connectivity index (χ2v) is 8.16. The van der Waals surface area contributed by atoms with Crippen LogP contribution in [0.5, 0.6) is 0 Å². The monoisotopic (exact) mass is 397 g/mol. The zero-order valence-corrected chi connectivity index (χ0v) is 17.3. The number of thiophene rings is 1. The number of likely N-dealkylation sites (N-methyl/N-ethyl adjacent to an activating group) is 1. The van der Waals surface area contributed by atoms with Gasteiger partial charge in [-0.2, -0.15) is 0 Å². The largest absolute Gasteiger partial charge is 0.379 e. The third-order valence-corrected chi connectivity index (χ3v) is 5.76. The molecule has 1 aliphatic heterocycles. The number of benzene rings is 1. The van der Waals surface area contributed by atoms with Crippen molar-refractivity contribution in [1.82, 2.24) is 19.8 Å². The van der Waals surface area contributed by atoms with E-state index >= 15 is 0 Å². The predicted molar refractivity (Wildman–Crippen MR) is 116 cm³/mol. The van der Waals surface area contributed by atoms with E-state index in [-0.39, 0.29) is 0 Å². The van der Waals surface area contributed by atoms with Gasteiger partial charge in [0.25, 0.3) is 0 Å². The van der Waals surface area contributed by atoms with Crippen molar-refractivity contribution in [1.29, 1.82) is 0 Å². The Labute approximate surface area is 170 Å². The SMILES string of the molecule is CN(C)CCNc1nc(CN2CCOCC2)nc2scc(-c3ccccc3)c12. The first kappa shape index (κ1) is 19.3. The Morgan fingerprint density at radius 2 is 1.93 bits per heavy atom. The first-order valence-corrected chi connectivity index (χ1v) is 10.6. The fourth-order valence-electron chi connectivity index (χ4n) is 3.37. The Morgan fingerprint density at radius 1 is 1.14 bits per heavy atom. The van der Waals surface area contributed by atoms with Crippen LogP contribution in [0.1, 0.15) is 5.82 Å². The quantitative estimate of drug-likeness (QED) is 0.661. The maximum Gasteiger partial charge on any atom is 0.146 e. The Morgan fingerprint density at radius 3 is 2.68 bits per heavy atom. The lowest BCUT2D eigenvalue weighted by molar-refractivity contribution is 0.0331. The van der Waals surface area contributed by atoms with Crippen molar-refractivity contribution in [2.75, 3.05) is 58.8 Å². The number of nitrogens with zero attached hydrogens (tertiary/aromatic N) is 4. The normalized spacial score (nSPS) is 15.4. The molecule has 0 bridgehead atoms. The number of hydrogen-bond donors (Lipinski definition) is 1. The second kappa shape index (κ2) is 8.96. The van der Waals surface area contributed by atoms with Crippen LogP contribution in [0.4, 0.5) is 5.82 Å². The van der Waals surface area contributed by atoms with Gasteiger partial charge in [-0.1, -0.05) is 30.3 Å². The lowest BCUT2D eigenvalue weighted by Gasteiger charge is -2.25. The molecule has 7 heteroatoms. The van der Waals surface area contributed by atoms with E-state index in [1.54, 1.807) is 11.3 Å². The van der Waals surface area contributed by atoms with Gasteiger partial charge in [-0.05, 0) is 19.7 Å². The van der Waals surface area contributed by atoms with Gasteiger partial charge in [0, 0.05) is 37.1 Å². The lowest BCUT2D eigenvalue weighted by atomic mass is 10.1. The molecule has 0 amide bonds. The standard InChI is InChI=1S/C21H27N5OS/c1-25(2)9-8-22-20-19-17(16-6-4-3-5-7-16)15-28-21(19)24-18(23-20)14-26-10-12-27-13-11-26/h3-7,15H,8-14H2,1-2H3,(H,22,23,24). The van der Waals surface area contributed by atoms with Crippen LogP contribution in [-0.2, 0) is 11.3 Å². The molecule has 3 aromatic rings. The molecular weight excluding hydrogens is 370 g/mol. The Kier molecular flexibility index (Phi) is 6.17. The van der Waals surface area contributed by atoms with E-state index in [2.05, 4.69) is 58.9 Å². The zero-order valence-electron chi connectivity index (χ0n) is 16.5. The minimum atomic E-state index is 0.764. The fourth-order valence-corrected chi connectivity index (χ4v) is 4.34. The van der Waals surface area contributed by atoms with Crippen LogP contribution in [0.2, 0.25) is 0 Å². The summed E-state index contributed by atoms with van der Waals surface area (Å²) >= 11 is 1.69. The van der Waals surface area contributed by atoms with Crippen molar-refractivity contribution < 1.29 is 4.74 Å². The molecule has 1 N–H and O–H groups in total. The molecule has 1 aromatic carbocycles. The summed E-state index contributed by atoms with van der Waals surface area (Å²) in [5.74, 6) is 1.82. The van der Waals surface area contributed by atoms with Gasteiger partial charge in [0.05, 0.1) is 25.1 Å². The minimum Gasteiger partial charge on any atom is -0.379 e.